The van der Waals surface area contributed by atoms with Gasteiger partial charge in [-0.2, -0.15) is 0 Å². The lowest BCUT2D eigenvalue weighted by Crippen LogP contribution is -2.35. The summed E-state index contributed by atoms with van der Waals surface area (Å²) in [6, 6.07) is -0.653. The van der Waals surface area contributed by atoms with Gasteiger partial charge in [-0.25, -0.2) is 0 Å². The van der Waals surface area contributed by atoms with Crippen molar-refractivity contribution in [2.24, 2.45) is 5.73 Å². The molecule has 0 rings (SSSR count). The minimum absolute atomic E-state index is 0.201. The molecule has 11 heavy (non-hydrogen) atoms. The van der Waals surface area contributed by atoms with Gasteiger partial charge < -0.3 is 15.2 Å². The number of hydrogen-bond donors (Lipinski definition) is 1. The zero-order chi connectivity index (χ0) is 9.28. The van der Waals surface area contributed by atoms with Gasteiger partial charge in [0.25, 0.3) is 0 Å². The molecule has 0 radical (unpaired) electrons. The van der Waals surface area contributed by atoms with Gasteiger partial charge in [0.15, 0.2) is 0 Å². The number of rotatable bonds is 3. The Morgan fingerprint density at radius 3 is 2.18 bits per heavy atom. The van der Waals surface area contributed by atoms with Crippen LogP contribution in [-0.2, 0) is 14.3 Å². The maximum Gasteiger partial charge on any atom is 0.325 e. The van der Waals surface area contributed by atoms with Crippen molar-refractivity contribution in [3.8, 4) is 0 Å². The average molecular weight is 163 g/mol. The van der Waals surface area contributed by atoms with Crippen molar-refractivity contribution in [2.45, 2.75) is 19.9 Å². The first-order valence-electron chi connectivity index (χ1n) is 3.54. The van der Waals surface area contributed by atoms with Crippen LogP contribution in [0.2, 0.25) is 0 Å². The summed E-state index contributed by atoms with van der Waals surface area (Å²) in [6.07, 6.45) is 0. The molecule has 4 nitrogen and oxygen atoms in total. The van der Waals surface area contributed by atoms with Crippen molar-refractivity contribution in [3.63, 3.8) is 0 Å². The molecule has 0 heterocycles. The highest BCUT2D eigenvalue weighted by atomic mass is 16.5. The molecule has 0 aliphatic rings. The van der Waals surface area contributed by atoms with Gasteiger partial charge in [-0.05, 0) is 0 Å². The van der Waals surface area contributed by atoms with Crippen LogP contribution in [0, 0.1) is 0 Å². The normalized spacial score (nSPS) is 11.0. The molecule has 0 aromatic rings. The molecule has 0 saturated carbocycles. The highest BCUT2D eigenvalue weighted by Gasteiger charge is 2.11. The number of carbonyl (C=O) groups is 1. The molecule has 0 aromatic heterocycles. The molecule has 4 heteroatoms. The molecular formula is C7H17NO3. The van der Waals surface area contributed by atoms with E-state index in [1.165, 1.54) is 14.2 Å². The van der Waals surface area contributed by atoms with Crippen LogP contribution in [0.15, 0.2) is 0 Å². The molecule has 0 bridgehead atoms. The lowest BCUT2D eigenvalue weighted by molar-refractivity contribution is -0.143. The van der Waals surface area contributed by atoms with E-state index in [1.54, 1.807) is 0 Å². The second kappa shape index (κ2) is 9.39. The Balaban J connectivity index is 0. The highest BCUT2D eigenvalue weighted by molar-refractivity contribution is 5.75. The Hall–Kier alpha value is -0.610. The third kappa shape index (κ3) is 7.29. The largest absolute Gasteiger partial charge is 0.468 e. The molecule has 0 aliphatic heterocycles. The fraction of sp³-hybridized carbons (Fsp3) is 0.857. The minimum atomic E-state index is -0.653. The van der Waals surface area contributed by atoms with Gasteiger partial charge in [-0.1, -0.05) is 13.8 Å². The molecule has 0 aliphatic carbocycles. The summed E-state index contributed by atoms with van der Waals surface area (Å²) in [5.41, 5.74) is 5.24. The number of methoxy groups -OCH3 is 2. The smallest absolute Gasteiger partial charge is 0.325 e. The average Bonchev–Trinajstić information content (AvgIpc) is 2.07. The summed E-state index contributed by atoms with van der Waals surface area (Å²) in [5, 5.41) is 0. The zero-order valence-electron chi connectivity index (χ0n) is 7.59. The van der Waals surface area contributed by atoms with E-state index in [1.807, 2.05) is 13.8 Å². The van der Waals surface area contributed by atoms with Gasteiger partial charge in [0.2, 0.25) is 0 Å². The van der Waals surface area contributed by atoms with E-state index in [4.69, 9.17) is 5.73 Å². The predicted octanol–water partition coefficient (Wildman–Crippen LogP) is 0.159. The number of carbonyl (C=O) groups excluding carboxylic acids is 1. The van der Waals surface area contributed by atoms with Crippen LogP contribution in [0.4, 0.5) is 0 Å². The van der Waals surface area contributed by atoms with Crippen LogP contribution in [0.5, 0.6) is 0 Å². The molecule has 0 spiro atoms. The van der Waals surface area contributed by atoms with Gasteiger partial charge in [0.05, 0.1) is 13.7 Å². The van der Waals surface area contributed by atoms with E-state index < -0.39 is 12.0 Å². The summed E-state index contributed by atoms with van der Waals surface area (Å²) in [6.45, 7) is 4.20. The van der Waals surface area contributed by atoms with E-state index in [2.05, 4.69) is 9.47 Å². The quantitative estimate of drug-likeness (QED) is 0.602. The Kier molecular flexibility index (Phi) is 11.1. The Labute approximate surface area is 67.7 Å². The standard InChI is InChI=1S/C5H11NO3.C2H6/c1-8-3-4(6)5(7)9-2;1-2/h4H,3,6H2,1-2H3;1-2H3. The van der Waals surface area contributed by atoms with Crippen LogP contribution >= 0.6 is 0 Å². The van der Waals surface area contributed by atoms with Crippen LogP contribution in [0.25, 0.3) is 0 Å². The van der Waals surface area contributed by atoms with Gasteiger partial charge in [-0.15, -0.1) is 0 Å². The second-order valence-electron chi connectivity index (χ2n) is 1.58. The summed E-state index contributed by atoms with van der Waals surface area (Å²) in [4.78, 5) is 10.5. The predicted molar refractivity (Wildman–Crippen MR) is 43.2 cm³/mol. The number of ether oxygens (including phenoxy) is 2. The molecule has 68 valence electrons. The monoisotopic (exact) mass is 163 g/mol. The summed E-state index contributed by atoms with van der Waals surface area (Å²) < 4.78 is 8.92. The van der Waals surface area contributed by atoms with E-state index in [-0.39, 0.29) is 6.61 Å². The zero-order valence-corrected chi connectivity index (χ0v) is 7.59. The third-order valence-electron chi connectivity index (χ3n) is 0.850. The first-order chi connectivity index (χ1) is 5.22. The maximum atomic E-state index is 10.5. The molecule has 0 amide bonds. The fourth-order valence-corrected chi connectivity index (χ4v) is 0.399. The molecule has 0 saturated heterocycles. The molecule has 1 unspecified atom stereocenters. The first-order valence-corrected chi connectivity index (χ1v) is 3.54. The lowest BCUT2D eigenvalue weighted by Gasteiger charge is -2.05. The van der Waals surface area contributed by atoms with E-state index in [0.29, 0.717) is 0 Å². The van der Waals surface area contributed by atoms with E-state index in [0.717, 1.165) is 0 Å². The SMILES string of the molecule is CC.COCC(N)C(=O)OC. The summed E-state index contributed by atoms with van der Waals surface area (Å²) >= 11 is 0. The van der Waals surface area contributed by atoms with Gasteiger partial charge in [-0.3, -0.25) is 4.79 Å². The molecule has 1 atom stereocenters. The van der Waals surface area contributed by atoms with Crippen LogP contribution in [-0.4, -0.2) is 32.8 Å². The van der Waals surface area contributed by atoms with Crippen LogP contribution < -0.4 is 5.73 Å². The van der Waals surface area contributed by atoms with E-state index >= 15 is 0 Å². The number of hydrogen-bond acceptors (Lipinski definition) is 4. The lowest BCUT2D eigenvalue weighted by atomic mass is 10.3. The molecule has 0 fully saturated rings. The second-order valence-corrected chi connectivity index (χ2v) is 1.58. The highest BCUT2D eigenvalue weighted by Crippen LogP contribution is 1.82. The van der Waals surface area contributed by atoms with Crippen molar-refractivity contribution < 1.29 is 14.3 Å². The summed E-state index contributed by atoms with van der Waals surface area (Å²) in [5.74, 6) is -0.447. The number of nitrogens with two attached hydrogens (primary N) is 1. The Bertz CT molecular complexity index is 95.7. The van der Waals surface area contributed by atoms with Gasteiger partial charge in [0.1, 0.15) is 6.04 Å². The van der Waals surface area contributed by atoms with Crippen molar-refractivity contribution >= 4 is 5.97 Å². The van der Waals surface area contributed by atoms with Crippen LogP contribution in [0.1, 0.15) is 13.8 Å². The fourth-order valence-electron chi connectivity index (χ4n) is 0.399. The maximum absolute atomic E-state index is 10.5. The van der Waals surface area contributed by atoms with Crippen LogP contribution in [0.3, 0.4) is 0 Å². The third-order valence-corrected chi connectivity index (χ3v) is 0.850. The molecule has 2 N–H and O–H groups in total. The van der Waals surface area contributed by atoms with Crippen molar-refractivity contribution in [3.05, 3.63) is 0 Å². The first kappa shape index (κ1) is 13.0. The van der Waals surface area contributed by atoms with Gasteiger partial charge in [0, 0.05) is 7.11 Å². The van der Waals surface area contributed by atoms with E-state index in [9.17, 15) is 4.79 Å². The topological polar surface area (TPSA) is 61.5 Å². The minimum Gasteiger partial charge on any atom is -0.468 e. The molecule has 0 aromatic carbocycles. The molecular weight excluding hydrogens is 146 g/mol. The Morgan fingerprint density at radius 2 is 1.91 bits per heavy atom. The van der Waals surface area contributed by atoms with Crippen molar-refractivity contribution in [2.75, 3.05) is 20.8 Å². The summed E-state index contributed by atoms with van der Waals surface area (Å²) in [7, 11) is 2.76. The number of esters is 1. The van der Waals surface area contributed by atoms with Gasteiger partial charge >= 0.3 is 5.97 Å². The Morgan fingerprint density at radius 1 is 1.45 bits per heavy atom. The van der Waals surface area contributed by atoms with Crippen molar-refractivity contribution in [1.82, 2.24) is 0 Å². The van der Waals surface area contributed by atoms with Crippen molar-refractivity contribution in [1.29, 1.82) is 0 Å².